The number of nitrogens with zero attached hydrogens (tertiary/aromatic N) is 2. The normalized spacial score (nSPS) is 13.6. The van der Waals surface area contributed by atoms with Gasteiger partial charge in [0.2, 0.25) is 0 Å². The van der Waals surface area contributed by atoms with Gasteiger partial charge in [-0.1, -0.05) is 63.9 Å². The van der Waals surface area contributed by atoms with E-state index < -0.39 is 0 Å². The highest BCUT2D eigenvalue weighted by molar-refractivity contribution is 9.10. The average Bonchev–Trinajstić information content (AvgIpc) is 2.78. The van der Waals surface area contributed by atoms with Crippen LogP contribution in [0.3, 0.4) is 0 Å². The minimum Gasteiger partial charge on any atom is -0.306 e. The van der Waals surface area contributed by atoms with E-state index in [4.69, 9.17) is 11.6 Å². The highest BCUT2D eigenvalue weighted by Crippen LogP contribution is 2.29. The smallest absolute Gasteiger partial charge is 0.0991 e. The Morgan fingerprint density at radius 2 is 1.68 bits per heavy atom. The Labute approximate surface area is 197 Å². The molecule has 3 aromatic carbocycles. The van der Waals surface area contributed by atoms with Gasteiger partial charge in [-0.25, -0.2) is 0 Å². The van der Waals surface area contributed by atoms with Crippen LogP contribution >= 0.6 is 27.5 Å². The first-order chi connectivity index (χ1) is 15.0. The van der Waals surface area contributed by atoms with Gasteiger partial charge in [0.05, 0.1) is 24.1 Å². The van der Waals surface area contributed by atoms with Crippen molar-refractivity contribution in [3.8, 4) is 12.1 Å². The predicted molar refractivity (Wildman–Crippen MR) is 129 cm³/mol. The van der Waals surface area contributed by atoms with Gasteiger partial charge in [-0.05, 0) is 66.4 Å². The third-order valence-corrected chi connectivity index (χ3v) is 6.17. The lowest BCUT2D eigenvalue weighted by Crippen LogP contribution is -2.36. The fourth-order valence-corrected chi connectivity index (χ4v) is 4.36. The van der Waals surface area contributed by atoms with Crippen molar-refractivity contribution >= 4 is 27.5 Å². The molecule has 0 saturated carbocycles. The van der Waals surface area contributed by atoms with E-state index in [0.29, 0.717) is 17.0 Å². The topological polar surface area (TPSA) is 59.6 Å². The Hall–Kier alpha value is -2.63. The zero-order valence-electron chi connectivity index (χ0n) is 17.2. The SMILES string of the molecule is CC(N[C@@H](CC#N)c1cccc(Br)c1)C(Cc1ccc(Cl)cc1)c1cccc(C#N)c1. The predicted octanol–water partition coefficient (Wildman–Crippen LogP) is 6.93. The van der Waals surface area contributed by atoms with E-state index in [1.165, 1.54) is 5.56 Å². The molecule has 3 rings (SSSR count). The summed E-state index contributed by atoms with van der Waals surface area (Å²) in [6.45, 7) is 2.14. The van der Waals surface area contributed by atoms with Crippen LogP contribution in [0.4, 0.5) is 0 Å². The lowest BCUT2D eigenvalue weighted by molar-refractivity contribution is 0.401. The molecule has 0 aliphatic rings. The number of halogens is 2. The Balaban J connectivity index is 1.91. The quantitative estimate of drug-likeness (QED) is 0.371. The van der Waals surface area contributed by atoms with E-state index in [1.54, 1.807) is 0 Å². The Morgan fingerprint density at radius 3 is 2.35 bits per heavy atom. The molecule has 5 heteroatoms. The molecule has 156 valence electrons. The van der Waals surface area contributed by atoms with E-state index >= 15 is 0 Å². The molecule has 0 fully saturated rings. The van der Waals surface area contributed by atoms with Gasteiger partial charge < -0.3 is 5.32 Å². The van der Waals surface area contributed by atoms with E-state index in [9.17, 15) is 10.5 Å². The first-order valence-electron chi connectivity index (χ1n) is 10.1. The van der Waals surface area contributed by atoms with Gasteiger partial charge in [-0.15, -0.1) is 0 Å². The summed E-state index contributed by atoms with van der Waals surface area (Å²) in [5, 5.41) is 23.2. The van der Waals surface area contributed by atoms with Crippen LogP contribution in [0.25, 0.3) is 0 Å². The molecule has 31 heavy (non-hydrogen) atoms. The van der Waals surface area contributed by atoms with Gasteiger partial charge >= 0.3 is 0 Å². The van der Waals surface area contributed by atoms with Crippen LogP contribution in [-0.2, 0) is 6.42 Å². The number of nitrogens with one attached hydrogen (secondary N) is 1. The molecule has 0 spiro atoms. The van der Waals surface area contributed by atoms with Gasteiger partial charge in [0, 0.05) is 27.5 Å². The Bertz CT molecular complexity index is 1100. The van der Waals surface area contributed by atoms with Crippen molar-refractivity contribution in [2.45, 2.75) is 37.8 Å². The molecule has 3 aromatic rings. The Kier molecular flexibility index (Phi) is 8.27. The lowest BCUT2D eigenvalue weighted by Gasteiger charge is -2.30. The average molecular weight is 493 g/mol. The molecule has 3 atom stereocenters. The third-order valence-electron chi connectivity index (χ3n) is 5.43. The third kappa shape index (κ3) is 6.42. The fraction of sp³-hybridized carbons (Fsp3) is 0.231. The molecule has 0 aliphatic carbocycles. The number of rotatable bonds is 8. The van der Waals surface area contributed by atoms with Crippen molar-refractivity contribution in [2.75, 3.05) is 0 Å². The second-order valence-electron chi connectivity index (χ2n) is 7.60. The van der Waals surface area contributed by atoms with Crippen LogP contribution in [0.2, 0.25) is 5.02 Å². The van der Waals surface area contributed by atoms with Crippen molar-refractivity contribution in [1.82, 2.24) is 5.32 Å². The number of nitriles is 2. The summed E-state index contributed by atoms with van der Waals surface area (Å²) in [6, 6.07) is 28.2. The second kappa shape index (κ2) is 11.1. The minimum atomic E-state index is -0.0932. The van der Waals surface area contributed by atoms with Crippen molar-refractivity contribution in [3.63, 3.8) is 0 Å². The van der Waals surface area contributed by atoms with Gasteiger partial charge in [0.15, 0.2) is 0 Å². The maximum absolute atomic E-state index is 9.42. The van der Waals surface area contributed by atoms with Gasteiger partial charge in [0.1, 0.15) is 0 Å². The van der Waals surface area contributed by atoms with Crippen LogP contribution in [-0.4, -0.2) is 6.04 Å². The van der Waals surface area contributed by atoms with Gasteiger partial charge in [-0.3, -0.25) is 0 Å². The molecule has 3 nitrogen and oxygen atoms in total. The molecular weight excluding hydrogens is 470 g/mol. The van der Waals surface area contributed by atoms with Crippen LogP contribution in [0.5, 0.6) is 0 Å². The molecule has 0 aliphatic heterocycles. The van der Waals surface area contributed by atoms with Crippen molar-refractivity contribution in [1.29, 1.82) is 10.5 Å². The van der Waals surface area contributed by atoms with Crippen LogP contribution in [0.1, 0.15) is 47.6 Å². The van der Waals surface area contributed by atoms with Crippen LogP contribution in [0, 0.1) is 22.7 Å². The van der Waals surface area contributed by atoms with Gasteiger partial charge in [0.25, 0.3) is 0 Å². The molecule has 0 bridgehead atoms. The first-order valence-corrected chi connectivity index (χ1v) is 11.3. The molecule has 0 aromatic heterocycles. The molecule has 2 unspecified atom stereocenters. The minimum absolute atomic E-state index is 0.0574. The summed E-state index contributed by atoms with van der Waals surface area (Å²) < 4.78 is 0.988. The summed E-state index contributed by atoms with van der Waals surface area (Å²) >= 11 is 9.60. The fourth-order valence-electron chi connectivity index (χ4n) is 3.82. The van der Waals surface area contributed by atoms with E-state index in [0.717, 1.165) is 22.0 Å². The zero-order chi connectivity index (χ0) is 22.2. The Morgan fingerprint density at radius 1 is 0.968 bits per heavy atom. The zero-order valence-corrected chi connectivity index (χ0v) is 19.6. The molecule has 0 heterocycles. The maximum Gasteiger partial charge on any atom is 0.0991 e. The summed E-state index contributed by atoms with van der Waals surface area (Å²) in [5.41, 5.74) is 3.98. The second-order valence-corrected chi connectivity index (χ2v) is 8.95. The molecule has 1 N–H and O–H groups in total. The number of benzene rings is 3. The summed E-state index contributed by atoms with van der Waals surface area (Å²) in [4.78, 5) is 0. The van der Waals surface area contributed by atoms with Crippen molar-refractivity contribution in [3.05, 3.63) is 105 Å². The molecule has 0 amide bonds. The summed E-state index contributed by atoms with van der Waals surface area (Å²) in [6.07, 6.45) is 1.16. The summed E-state index contributed by atoms with van der Waals surface area (Å²) in [7, 11) is 0. The number of hydrogen-bond donors (Lipinski definition) is 1. The van der Waals surface area contributed by atoms with Gasteiger partial charge in [-0.2, -0.15) is 10.5 Å². The van der Waals surface area contributed by atoms with Crippen molar-refractivity contribution in [2.24, 2.45) is 0 Å². The highest BCUT2D eigenvalue weighted by atomic mass is 79.9. The summed E-state index contributed by atoms with van der Waals surface area (Å²) in [5.74, 6) is 0.114. The monoisotopic (exact) mass is 491 g/mol. The van der Waals surface area contributed by atoms with Crippen LogP contribution in [0.15, 0.2) is 77.3 Å². The molecule has 0 saturated heterocycles. The standard InChI is InChI=1S/C26H23BrClN3/c1-18(31-26(12-13-29)22-6-3-7-23(27)16-22)25(15-19-8-10-24(28)11-9-19)21-5-2-4-20(14-21)17-30/h2-11,14,16,18,25-26,31H,12,15H2,1H3/t18?,25?,26-/m0/s1. The highest BCUT2D eigenvalue weighted by Gasteiger charge is 2.24. The first kappa shape index (κ1) is 23.0. The van der Waals surface area contributed by atoms with E-state index in [-0.39, 0.29) is 18.0 Å². The van der Waals surface area contributed by atoms with Crippen LogP contribution < -0.4 is 5.32 Å². The van der Waals surface area contributed by atoms with E-state index in [2.05, 4.69) is 46.4 Å². The largest absolute Gasteiger partial charge is 0.306 e. The lowest BCUT2D eigenvalue weighted by atomic mass is 9.85. The maximum atomic E-state index is 9.42. The molecule has 0 radical (unpaired) electrons. The number of hydrogen-bond acceptors (Lipinski definition) is 3. The molecular formula is C26H23BrClN3. The van der Waals surface area contributed by atoms with E-state index in [1.807, 2.05) is 66.7 Å². The van der Waals surface area contributed by atoms with Crippen molar-refractivity contribution < 1.29 is 0 Å².